The Balaban J connectivity index is 1.93. The lowest BCUT2D eigenvalue weighted by Crippen LogP contribution is -2.43. The quantitative estimate of drug-likeness (QED) is 0.673. The number of para-hydroxylation sites is 1. The molecule has 0 aliphatic carbocycles. The van der Waals surface area contributed by atoms with E-state index in [-0.39, 0.29) is 0 Å². The highest BCUT2D eigenvalue weighted by Crippen LogP contribution is 2.43. The van der Waals surface area contributed by atoms with Gasteiger partial charge in [-0.05, 0) is 23.3 Å². The molecule has 114 valence electrons. The van der Waals surface area contributed by atoms with E-state index < -0.39 is 5.54 Å². The Hall–Kier alpha value is -2.62. The first-order valence-electron chi connectivity index (χ1n) is 7.67. The van der Waals surface area contributed by atoms with E-state index in [1.54, 1.807) is 0 Å². The van der Waals surface area contributed by atoms with Crippen LogP contribution in [0.2, 0.25) is 0 Å². The fourth-order valence-corrected chi connectivity index (χ4v) is 3.11. The minimum absolute atomic E-state index is 0.427. The van der Waals surface area contributed by atoms with Gasteiger partial charge >= 0.3 is 0 Å². The minimum Gasteiger partial charge on any atom is -0.209 e. The SMILES string of the molecule is c1ccc(N2OOCC2(c2ccccc2)c2ccccc2)cc1. The molecule has 0 radical (unpaired) electrons. The second-order valence-electron chi connectivity index (χ2n) is 5.56. The van der Waals surface area contributed by atoms with Crippen LogP contribution in [0.15, 0.2) is 91.0 Å². The van der Waals surface area contributed by atoms with Crippen LogP contribution >= 0.6 is 0 Å². The molecule has 1 fully saturated rings. The van der Waals surface area contributed by atoms with E-state index in [1.165, 1.54) is 0 Å². The van der Waals surface area contributed by atoms with Crippen molar-refractivity contribution in [2.24, 2.45) is 0 Å². The molecule has 1 saturated heterocycles. The number of nitrogens with zero attached hydrogens (tertiary/aromatic N) is 1. The number of benzene rings is 3. The summed E-state index contributed by atoms with van der Waals surface area (Å²) >= 11 is 0. The van der Waals surface area contributed by atoms with Gasteiger partial charge < -0.3 is 0 Å². The minimum atomic E-state index is -0.510. The fraction of sp³-hybridized carbons (Fsp3) is 0.100. The smallest absolute Gasteiger partial charge is 0.147 e. The number of hydrogen-bond donors (Lipinski definition) is 0. The van der Waals surface area contributed by atoms with E-state index in [4.69, 9.17) is 9.88 Å². The molecule has 23 heavy (non-hydrogen) atoms. The summed E-state index contributed by atoms with van der Waals surface area (Å²) in [5, 5.41) is 1.86. The van der Waals surface area contributed by atoms with Crippen molar-refractivity contribution in [3.63, 3.8) is 0 Å². The van der Waals surface area contributed by atoms with E-state index in [9.17, 15) is 0 Å². The van der Waals surface area contributed by atoms with Crippen LogP contribution in [0.1, 0.15) is 11.1 Å². The second-order valence-corrected chi connectivity index (χ2v) is 5.56. The van der Waals surface area contributed by atoms with Crippen LogP contribution in [0.3, 0.4) is 0 Å². The van der Waals surface area contributed by atoms with Gasteiger partial charge in [0.2, 0.25) is 0 Å². The van der Waals surface area contributed by atoms with Gasteiger partial charge in [0.1, 0.15) is 12.1 Å². The average Bonchev–Trinajstić information content (AvgIpc) is 3.10. The zero-order valence-electron chi connectivity index (χ0n) is 12.6. The first-order valence-corrected chi connectivity index (χ1v) is 7.67. The molecule has 1 aliphatic heterocycles. The van der Waals surface area contributed by atoms with Crippen molar-refractivity contribution in [2.75, 3.05) is 11.7 Å². The first kappa shape index (κ1) is 14.0. The molecular weight excluding hydrogens is 286 g/mol. The van der Waals surface area contributed by atoms with Gasteiger partial charge in [-0.2, -0.15) is 0 Å². The number of hydrogen-bond acceptors (Lipinski definition) is 3. The third kappa shape index (κ3) is 2.31. The molecule has 0 spiro atoms. The molecule has 4 rings (SSSR count). The van der Waals surface area contributed by atoms with E-state index in [0.29, 0.717) is 6.61 Å². The van der Waals surface area contributed by atoms with Gasteiger partial charge in [-0.3, -0.25) is 0 Å². The number of anilines is 1. The summed E-state index contributed by atoms with van der Waals surface area (Å²) in [4.78, 5) is 11.1. The molecule has 0 bridgehead atoms. The molecule has 0 aromatic heterocycles. The molecule has 0 saturated carbocycles. The first-order chi connectivity index (χ1) is 11.4. The summed E-state index contributed by atoms with van der Waals surface area (Å²) in [5.41, 5.74) is 2.71. The molecule has 0 atom stereocenters. The monoisotopic (exact) mass is 303 g/mol. The van der Waals surface area contributed by atoms with Crippen molar-refractivity contribution in [3.8, 4) is 0 Å². The molecule has 3 nitrogen and oxygen atoms in total. The van der Waals surface area contributed by atoms with Crippen molar-refractivity contribution in [1.82, 2.24) is 0 Å². The molecule has 0 unspecified atom stereocenters. The second kappa shape index (κ2) is 5.88. The molecule has 1 aliphatic rings. The molecule has 3 aromatic rings. The fourth-order valence-electron chi connectivity index (χ4n) is 3.11. The van der Waals surface area contributed by atoms with E-state index in [1.807, 2.05) is 71.8 Å². The maximum Gasteiger partial charge on any atom is 0.147 e. The predicted molar refractivity (Wildman–Crippen MR) is 89.6 cm³/mol. The third-order valence-corrected chi connectivity index (χ3v) is 4.24. The molecule has 1 heterocycles. The highest BCUT2D eigenvalue weighted by atomic mass is 17.3. The molecule has 3 heteroatoms. The lowest BCUT2D eigenvalue weighted by molar-refractivity contribution is -0.258. The Morgan fingerprint density at radius 1 is 0.652 bits per heavy atom. The number of rotatable bonds is 3. The van der Waals surface area contributed by atoms with Crippen LogP contribution < -0.4 is 5.06 Å². The maximum atomic E-state index is 5.60. The molecular formula is C20H17NO2. The van der Waals surface area contributed by atoms with Gasteiger partial charge in [-0.15, -0.1) is 4.99 Å². The van der Waals surface area contributed by atoms with Crippen LogP contribution in [0.5, 0.6) is 0 Å². The molecule has 0 N–H and O–H groups in total. The van der Waals surface area contributed by atoms with Gasteiger partial charge in [0.15, 0.2) is 0 Å². The zero-order chi connectivity index (χ0) is 15.5. The Morgan fingerprint density at radius 3 is 1.65 bits per heavy atom. The normalized spacial score (nSPS) is 16.4. The van der Waals surface area contributed by atoms with Gasteiger partial charge in [-0.1, -0.05) is 78.9 Å². The third-order valence-electron chi connectivity index (χ3n) is 4.24. The van der Waals surface area contributed by atoms with Gasteiger partial charge in [0.25, 0.3) is 0 Å². The Kier molecular flexibility index (Phi) is 3.58. The number of hydroxylamine groups is 1. The summed E-state index contributed by atoms with van der Waals surface area (Å²) in [6.07, 6.45) is 0. The van der Waals surface area contributed by atoms with Gasteiger partial charge in [0, 0.05) is 0 Å². The maximum absolute atomic E-state index is 5.60. The zero-order valence-corrected chi connectivity index (χ0v) is 12.6. The Labute approximate surface area is 135 Å². The van der Waals surface area contributed by atoms with Crippen LogP contribution in [0.4, 0.5) is 5.69 Å². The van der Waals surface area contributed by atoms with Crippen LogP contribution in [-0.2, 0) is 15.4 Å². The largest absolute Gasteiger partial charge is 0.209 e. The van der Waals surface area contributed by atoms with Crippen molar-refractivity contribution >= 4 is 5.69 Å². The van der Waals surface area contributed by atoms with Crippen molar-refractivity contribution in [3.05, 3.63) is 102 Å². The Bertz CT molecular complexity index is 720. The standard InChI is InChI=1S/C20H17NO2/c1-4-10-17(11-5-1)20(18-12-6-2-7-13-18)16-22-23-21(20)19-14-8-3-9-15-19/h1-15H,16H2. The van der Waals surface area contributed by atoms with Gasteiger partial charge in [0.05, 0.1) is 5.69 Å². The van der Waals surface area contributed by atoms with Crippen LogP contribution in [-0.4, -0.2) is 6.61 Å². The van der Waals surface area contributed by atoms with Gasteiger partial charge in [-0.25, -0.2) is 9.95 Å². The summed E-state index contributed by atoms with van der Waals surface area (Å²) in [5.74, 6) is 0. The lowest BCUT2D eigenvalue weighted by atomic mass is 9.83. The van der Waals surface area contributed by atoms with E-state index >= 15 is 0 Å². The summed E-state index contributed by atoms with van der Waals surface area (Å²) < 4.78 is 0. The van der Waals surface area contributed by atoms with E-state index in [0.717, 1.165) is 16.8 Å². The molecule has 3 aromatic carbocycles. The highest BCUT2D eigenvalue weighted by molar-refractivity contribution is 5.54. The van der Waals surface area contributed by atoms with Crippen molar-refractivity contribution in [2.45, 2.75) is 5.54 Å². The highest BCUT2D eigenvalue weighted by Gasteiger charge is 2.47. The summed E-state index contributed by atoms with van der Waals surface area (Å²) in [6, 6.07) is 30.7. The summed E-state index contributed by atoms with van der Waals surface area (Å²) in [6.45, 7) is 0.427. The van der Waals surface area contributed by atoms with Crippen LogP contribution in [0.25, 0.3) is 0 Å². The lowest BCUT2D eigenvalue weighted by Gasteiger charge is -2.36. The molecule has 0 amide bonds. The average molecular weight is 303 g/mol. The Morgan fingerprint density at radius 2 is 1.13 bits per heavy atom. The van der Waals surface area contributed by atoms with E-state index in [2.05, 4.69) is 24.3 Å². The summed E-state index contributed by atoms with van der Waals surface area (Å²) in [7, 11) is 0. The van der Waals surface area contributed by atoms with Crippen molar-refractivity contribution < 1.29 is 9.88 Å². The van der Waals surface area contributed by atoms with Crippen LogP contribution in [0, 0.1) is 0 Å². The van der Waals surface area contributed by atoms with Crippen molar-refractivity contribution in [1.29, 1.82) is 0 Å². The predicted octanol–water partition coefficient (Wildman–Crippen LogP) is 4.31. The topological polar surface area (TPSA) is 21.7 Å².